The predicted molar refractivity (Wildman–Crippen MR) is 66.7 cm³/mol. The van der Waals surface area contributed by atoms with Gasteiger partial charge in [-0.1, -0.05) is 19.9 Å². The van der Waals surface area contributed by atoms with Gasteiger partial charge in [0.2, 0.25) is 0 Å². The molecule has 0 spiro atoms. The van der Waals surface area contributed by atoms with Crippen LogP contribution in [0.5, 0.6) is 5.75 Å². The van der Waals surface area contributed by atoms with Gasteiger partial charge in [0.25, 0.3) is 5.78 Å². The van der Waals surface area contributed by atoms with Crippen LogP contribution in [-0.4, -0.2) is 18.1 Å². The molecule has 0 fully saturated rings. The summed E-state index contributed by atoms with van der Waals surface area (Å²) in [6, 6.07) is 4.36. The van der Waals surface area contributed by atoms with Gasteiger partial charge in [-0.3, -0.25) is 4.79 Å². The molecule has 0 heterocycles. The Hall–Kier alpha value is -1.52. The van der Waals surface area contributed by atoms with Crippen molar-refractivity contribution in [2.45, 2.75) is 45.9 Å². The Morgan fingerprint density at radius 2 is 1.74 bits per heavy atom. The van der Waals surface area contributed by atoms with E-state index < -0.39 is 17.5 Å². The maximum atomic E-state index is 12.6. The fourth-order valence-corrected chi connectivity index (χ4v) is 1.59. The second-order valence-corrected chi connectivity index (χ2v) is 4.90. The zero-order chi connectivity index (χ0) is 14.8. The molecule has 2 nitrogen and oxygen atoms in total. The molecule has 0 aliphatic rings. The molecule has 0 aromatic heterocycles. The van der Waals surface area contributed by atoms with Crippen molar-refractivity contribution >= 4 is 5.78 Å². The molecule has 1 aromatic rings. The molecular weight excluding hydrogens is 257 g/mol. The summed E-state index contributed by atoms with van der Waals surface area (Å²) < 4.78 is 43.0. The summed E-state index contributed by atoms with van der Waals surface area (Å²) >= 11 is 0. The quantitative estimate of drug-likeness (QED) is 0.763. The van der Waals surface area contributed by atoms with Gasteiger partial charge in [0.15, 0.2) is 0 Å². The van der Waals surface area contributed by atoms with Gasteiger partial charge >= 0.3 is 6.18 Å². The molecule has 1 rings (SSSR count). The van der Waals surface area contributed by atoms with Crippen molar-refractivity contribution < 1.29 is 22.7 Å². The van der Waals surface area contributed by atoms with Crippen molar-refractivity contribution in [2.75, 3.05) is 0 Å². The number of benzene rings is 1. The van der Waals surface area contributed by atoms with Crippen molar-refractivity contribution in [1.29, 1.82) is 0 Å². The molecule has 0 bridgehead atoms. The molecule has 0 unspecified atom stereocenters. The molecule has 0 aliphatic heterocycles. The average molecular weight is 274 g/mol. The SMILES string of the molecule is CC(C)Oc1ccc(C(C)C)cc1C(=O)C(F)(F)F. The van der Waals surface area contributed by atoms with E-state index in [-0.39, 0.29) is 17.8 Å². The molecule has 19 heavy (non-hydrogen) atoms. The first-order valence-electron chi connectivity index (χ1n) is 6.05. The second-order valence-electron chi connectivity index (χ2n) is 4.90. The summed E-state index contributed by atoms with van der Waals surface area (Å²) in [5.41, 5.74) is 0.246. The number of alkyl halides is 3. The summed E-state index contributed by atoms with van der Waals surface area (Å²) in [4.78, 5) is 11.4. The number of ketones is 1. The highest BCUT2D eigenvalue weighted by Crippen LogP contribution is 2.31. The maximum Gasteiger partial charge on any atom is 0.455 e. The Labute approximate surface area is 110 Å². The first-order valence-corrected chi connectivity index (χ1v) is 6.05. The van der Waals surface area contributed by atoms with E-state index in [0.29, 0.717) is 5.56 Å². The highest BCUT2D eigenvalue weighted by molar-refractivity contribution is 6.02. The predicted octanol–water partition coefficient (Wildman–Crippen LogP) is 4.34. The number of rotatable bonds is 4. The Kier molecular flexibility index (Phi) is 4.61. The molecular formula is C14H17F3O2. The topological polar surface area (TPSA) is 26.3 Å². The number of carbonyl (C=O) groups is 1. The minimum absolute atomic E-state index is 0.0262. The smallest absolute Gasteiger partial charge is 0.455 e. The number of halogens is 3. The zero-order valence-electron chi connectivity index (χ0n) is 11.3. The largest absolute Gasteiger partial charge is 0.490 e. The van der Waals surface area contributed by atoms with E-state index in [9.17, 15) is 18.0 Å². The molecule has 0 saturated heterocycles. The highest BCUT2D eigenvalue weighted by Gasteiger charge is 2.41. The van der Waals surface area contributed by atoms with Gasteiger partial charge < -0.3 is 4.74 Å². The van der Waals surface area contributed by atoms with E-state index in [0.717, 1.165) is 0 Å². The maximum absolute atomic E-state index is 12.6. The van der Waals surface area contributed by atoms with Crippen molar-refractivity contribution in [2.24, 2.45) is 0 Å². The van der Waals surface area contributed by atoms with Crippen LogP contribution in [0.1, 0.15) is 49.5 Å². The van der Waals surface area contributed by atoms with Gasteiger partial charge in [0.05, 0.1) is 11.7 Å². The van der Waals surface area contributed by atoms with Crippen LogP contribution in [0, 0.1) is 0 Å². The Bertz CT molecular complexity index is 462. The molecule has 0 amide bonds. The summed E-state index contributed by atoms with van der Waals surface area (Å²) in [5.74, 6) is -1.86. The Morgan fingerprint density at radius 1 is 1.16 bits per heavy atom. The fourth-order valence-electron chi connectivity index (χ4n) is 1.59. The number of carbonyl (C=O) groups excluding carboxylic acids is 1. The Balaban J connectivity index is 3.29. The number of hydrogen-bond donors (Lipinski definition) is 0. The van der Waals surface area contributed by atoms with Crippen LogP contribution >= 0.6 is 0 Å². The van der Waals surface area contributed by atoms with Crippen LogP contribution in [-0.2, 0) is 0 Å². The van der Waals surface area contributed by atoms with E-state index in [1.807, 2.05) is 13.8 Å². The molecule has 0 saturated carbocycles. The van der Waals surface area contributed by atoms with Gasteiger partial charge in [0, 0.05) is 0 Å². The van der Waals surface area contributed by atoms with Crippen molar-refractivity contribution in [3.05, 3.63) is 29.3 Å². The summed E-state index contributed by atoms with van der Waals surface area (Å²) in [5, 5.41) is 0. The van der Waals surface area contributed by atoms with Crippen LogP contribution in [0.4, 0.5) is 13.2 Å². The van der Waals surface area contributed by atoms with E-state index in [2.05, 4.69) is 0 Å². The molecule has 106 valence electrons. The number of hydrogen-bond acceptors (Lipinski definition) is 2. The molecule has 1 aromatic carbocycles. The molecule has 5 heteroatoms. The normalized spacial score (nSPS) is 12.1. The average Bonchev–Trinajstić information content (AvgIpc) is 2.26. The molecule has 0 aliphatic carbocycles. The lowest BCUT2D eigenvalue weighted by molar-refractivity contribution is -0.0887. The van der Waals surface area contributed by atoms with Crippen LogP contribution in [0.25, 0.3) is 0 Å². The lowest BCUT2D eigenvalue weighted by atomic mass is 9.98. The van der Waals surface area contributed by atoms with Crippen LogP contribution < -0.4 is 4.74 Å². The molecule has 0 N–H and O–H groups in total. The van der Waals surface area contributed by atoms with Gasteiger partial charge in [-0.15, -0.1) is 0 Å². The van der Waals surface area contributed by atoms with Crippen LogP contribution in [0.3, 0.4) is 0 Å². The molecule has 0 atom stereocenters. The molecule has 0 radical (unpaired) electrons. The van der Waals surface area contributed by atoms with Gasteiger partial charge in [-0.25, -0.2) is 0 Å². The van der Waals surface area contributed by atoms with Gasteiger partial charge in [-0.2, -0.15) is 13.2 Å². The minimum atomic E-state index is -4.90. The summed E-state index contributed by atoms with van der Waals surface area (Å²) in [6.07, 6.45) is -5.20. The van der Waals surface area contributed by atoms with Gasteiger partial charge in [-0.05, 0) is 37.5 Å². The lowest BCUT2D eigenvalue weighted by Crippen LogP contribution is -2.24. The van der Waals surface area contributed by atoms with E-state index in [1.165, 1.54) is 12.1 Å². The van der Waals surface area contributed by atoms with E-state index in [4.69, 9.17) is 4.74 Å². The third-order valence-corrected chi connectivity index (χ3v) is 2.54. The first-order chi connectivity index (χ1) is 8.62. The van der Waals surface area contributed by atoms with Gasteiger partial charge in [0.1, 0.15) is 5.75 Å². The van der Waals surface area contributed by atoms with E-state index in [1.54, 1.807) is 19.9 Å². The van der Waals surface area contributed by atoms with Crippen LogP contribution in [0.15, 0.2) is 18.2 Å². The summed E-state index contributed by atoms with van der Waals surface area (Å²) in [6.45, 7) is 7.08. The lowest BCUT2D eigenvalue weighted by Gasteiger charge is -2.16. The van der Waals surface area contributed by atoms with Crippen LogP contribution in [0.2, 0.25) is 0 Å². The monoisotopic (exact) mass is 274 g/mol. The number of ether oxygens (including phenoxy) is 1. The minimum Gasteiger partial charge on any atom is -0.490 e. The van der Waals surface area contributed by atoms with Crippen molar-refractivity contribution in [1.82, 2.24) is 0 Å². The standard InChI is InChI=1S/C14H17F3O2/c1-8(2)10-5-6-12(19-9(3)4)11(7-10)13(18)14(15,16)17/h5-9H,1-4H3. The second kappa shape index (κ2) is 5.63. The fraction of sp³-hybridized carbons (Fsp3) is 0.500. The Morgan fingerprint density at radius 3 is 2.16 bits per heavy atom. The summed E-state index contributed by atoms with van der Waals surface area (Å²) in [7, 11) is 0. The third kappa shape index (κ3) is 3.98. The zero-order valence-corrected chi connectivity index (χ0v) is 11.3. The third-order valence-electron chi connectivity index (χ3n) is 2.54. The highest BCUT2D eigenvalue weighted by atomic mass is 19.4. The number of Topliss-reactive ketones (excluding diaryl/α,β-unsaturated/α-hetero) is 1. The van der Waals surface area contributed by atoms with Crippen molar-refractivity contribution in [3.63, 3.8) is 0 Å². The van der Waals surface area contributed by atoms with E-state index >= 15 is 0 Å². The van der Waals surface area contributed by atoms with Crippen molar-refractivity contribution in [3.8, 4) is 5.75 Å². The first kappa shape index (κ1) is 15.5.